The Morgan fingerprint density at radius 2 is 0.781 bits per heavy atom. The van der Waals surface area contributed by atoms with Gasteiger partial charge in [0.25, 0.3) is 0 Å². The number of carbonyl (C=O) groups is 10. The van der Waals surface area contributed by atoms with Crippen LogP contribution in [0, 0.1) is 37.0 Å². The van der Waals surface area contributed by atoms with Crippen molar-refractivity contribution in [3.63, 3.8) is 0 Å². The van der Waals surface area contributed by atoms with E-state index in [-0.39, 0.29) is 98.6 Å². The summed E-state index contributed by atoms with van der Waals surface area (Å²) in [7, 11) is 1.53. The minimum Gasteiger partial charge on any atom is -0.391 e. The normalized spacial score (nSPS) is 19.4. The summed E-state index contributed by atoms with van der Waals surface area (Å²) in [5, 5.41) is 50.3. The molecule has 10 amide bonds. The molecule has 0 spiro atoms. The molecule has 11 atom stereocenters. The van der Waals surface area contributed by atoms with Crippen LogP contribution >= 0.6 is 34.0 Å². The van der Waals surface area contributed by atoms with Gasteiger partial charge < -0.3 is 67.2 Å². The van der Waals surface area contributed by atoms with Gasteiger partial charge in [-0.1, -0.05) is 135 Å². The van der Waals surface area contributed by atoms with Crippen LogP contribution in [-0.4, -0.2) is 185 Å². The number of hydrogen-bond acceptors (Lipinski definition) is 19. The third kappa shape index (κ3) is 22.4. The number of thiazole rings is 3. The maximum Gasteiger partial charge on any atom is 0.246 e. The van der Waals surface area contributed by atoms with Crippen LogP contribution < -0.4 is 37.2 Å². The van der Waals surface area contributed by atoms with Crippen molar-refractivity contribution >= 4 is 93.1 Å². The molecule has 26 nitrogen and oxygen atoms in total. The Kier molecular flexibility index (Phi) is 28.6. The Morgan fingerprint density at radius 1 is 0.467 bits per heavy atom. The Bertz CT molecular complexity index is 4050. The van der Waals surface area contributed by atoms with Crippen molar-refractivity contribution in [3.8, 4) is 31.3 Å². The number of aromatic nitrogens is 3. The van der Waals surface area contributed by atoms with Crippen molar-refractivity contribution in [1.29, 1.82) is 0 Å². The predicted molar refractivity (Wildman–Crippen MR) is 404 cm³/mol. The third-order valence-corrected chi connectivity index (χ3v) is 21.4. The van der Waals surface area contributed by atoms with E-state index in [1.54, 1.807) is 28.2 Å². The van der Waals surface area contributed by atoms with E-state index in [4.69, 9.17) is 0 Å². The van der Waals surface area contributed by atoms with Gasteiger partial charge in [0, 0.05) is 73.3 Å². The molecule has 3 aliphatic rings. The van der Waals surface area contributed by atoms with Crippen molar-refractivity contribution < 1.29 is 63.3 Å². The Morgan fingerprint density at radius 3 is 1.09 bits per heavy atom. The van der Waals surface area contributed by atoms with Gasteiger partial charge in [-0.15, -0.1) is 34.0 Å². The summed E-state index contributed by atoms with van der Waals surface area (Å²) in [5.41, 5.74) is 12.3. The van der Waals surface area contributed by atoms with E-state index in [1.807, 2.05) is 174 Å². The Balaban J connectivity index is 0.000000221. The summed E-state index contributed by atoms with van der Waals surface area (Å²) >= 11 is 4.71. The van der Waals surface area contributed by atoms with E-state index < -0.39 is 88.7 Å². The minimum atomic E-state index is -0.942. The topological polar surface area (TPSA) is 364 Å². The molecule has 0 radical (unpaired) electrons. The van der Waals surface area contributed by atoms with E-state index in [0.717, 1.165) is 65.1 Å². The summed E-state index contributed by atoms with van der Waals surface area (Å²) in [4.78, 5) is 147. The molecule has 3 saturated heterocycles. The molecule has 0 aliphatic carbocycles. The Hall–Kier alpha value is -8.87. The molecular weight excluding hydrogens is 1400 g/mol. The monoisotopic (exact) mass is 1500 g/mol. The summed E-state index contributed by atoms with van der Waals surface area (Å²) in [6.07, 6.45) is -2.08. The van der Waals surface area contributed by atoms with Crippen LogP contribution in [0.5, 0.6) is 0 Å². The van der Waals surface area contributed by atoms with Crippen molar-refractivity contribution in [2.75, 3.05) is 26.7 Å². The van der Waals surface area contributed by atoms with Gasteiger partial charge in [0.05, 0.1) is 85.1 Å². The summed E-state index contributed by atoms with van der Waals surface area (Å²) in [6.45, 7) is 28.8. The molecule has 9 rings (SSSR count). The van der Waals surface area contributed by atoms with Crippen LogP contribution in [-0.2, 0) is 54.5 Å². The maximum absolute atomic E-state index is 13.5. The lowest BCUT2D eigenvalue weighted by atomic mass is 9.85. The van der Waals surface area contributed by atoms with E-state index in [9.17, 15) is 63.3 Å². The first-order valence-corrected chi connectivity index (χ1v) is 37.7. The smallest absolute Gasteiger partial charge is 0.246 e. The van der Waals surface area contributed by atoms with Gasteiger partial charge in [-0.3, -0.25) is 47.9 Å². The second-order valence-corrected chi connectivity index (χ2v) is 32.9. The summed E-state index contributed by atoms with van der Waals surface area (Å²) in [6, 6.07) is 17.5. The molecular formula is C76H103N13O13S3. The van der Waals surface area contributed by atoms with E-state index >= 15 is 0 Å². The van der Waals surface area contributed by atoms with Gasteiger partial charge in [0.2, 0.25) is 59.1 Å². The zero-order chi connectivity index (χ0) is 77.7. The first kappa shape index (κ1) is 83.4. The highest BCUT2D eigenvalue weighted by Crippen LogP contribution is 2.35. The van der Waals surface area contributed by atoms with Crippen molar-refractivity contribution in [1.82, 2.24) is 66.9 Å². The van der Waals surface area contributed by atoms with Gasteiger partial charge in [0.1, 0.15) is 36.3 Å². The predicted octanol–water partition coefficient (Wildman–Crippen LogP) is 6.98. The lowest BCUT2D eigenvalue weighted by Gasteiger charge is -2.35. The molecule has 3 fully saturated rings. The number of nitrogens with one attached hydrogen (secondary N) is 7. The fraction of sp³-hybridized carbons (Fsp3) is 0.513. The molecule has 6 aromatic rings. The summed E-state index contributed by atoms with van der Waals surface area (Å²) in [5.74, 6) is -3.53. The molecule has 0 unspecified atom stereocenters. The number of aliphatic hydroxyl groups excluding tert-OH is 3. The van der Waals surface area contributed by atoms with Crippen LogP contribution in [0.15, 0.2) is 89.3 Å². The number of rotatable bonds is 20. The largest absolute Gasteiger partial charge is 0.391 e. The van der Waals surface area contributed by atoms with Crippen LogP contribution in [0.1, 0.15) is 162 Å². The molecule has 29 heteroatoms. The summed E-state index contributed by atoms with van der Waals surface area (Å²) < 4.78 is 0. The van der Waals surface area contributed by atoms with Crippen LogP contribution in [0.3, 0.4) is 0 Å². The molecule has 3 aromatic carbocycles. The van der Waals surface area contributed by atoms with Gasteiger partial charge in [0.15, 0.2) is 0 Å². The van der Waals surface area contributed by atoms with Crippen molar-refractivity contribution in [2.24, 2.45) is 16.2 Å². The van der Waals surface area contributed by atoms with Crippen LogP contribution in [0.2, 0.25) is 0 Å². The first-order chi connectivity index (χ1) is 49.2. The number of benzene rings is 3. The second-order valence-electron chi connectivity index (χ2n) is 30.3. The van der Waals surface area contributed by atoms with E-state index in [1.165, 1.54) is 53.9 Å². The number of β-amino-alcohol motifs (C(OH)–C–C–N with tert-alkyl or cyclic N) is 3. The lowest BCUT2D eigenvalue weighted by molar-refractivity contribution is -0.144. The lowest BCUT2D eigenvalue weighted by Crippen LogP contribution is -2.57. The SMILES string of the molecule is CC(=O)N[C@H](C(=O)N1C[C@H](O)C[C@H]1C(=O)NCc1ccc(-c2scnc2C)cc1)C(C)(C)C.CC(=O)N[C@H](C(=O)N1C[C@H](O)C[C@H]1C(=O)N[C@@H](C)c1ccc(-c2scnc2C)cc1)C(C)(C)C.CNC(=O)C[C@H](NC(=O)[C@@H]1C[C@@H](O)CN1C(=O)[C@@H](NC(C)=O)C(C)(C)C)c1ccc(-c2scnc2C)cc1. The zero-order valence-electron chi connectivity index (χ0n) is 63.0. The average Bonchev–Trinajstić information content (AvgIpc) is 1.71. The number of carbonyl (C=O) groups excluding carboxylic acids is 10. The van der Waals surface area contributed by atoms with Crippen molar-refractivity contribution in [2.45, 2.75) is 210 Å². The quantitative estimate of drug-likeness (QED) is 0.0368. The first-order valence-electron chi connectivity index (χ1n) is 35.0. The molecule has 0 bridgehead atoms. The fourth-order valence-electron chi connectivity index (χ4n) is 12.8. The highest BCUT2D eigenvalue weighted by molar-refractivity contribution is 7.14. The van der Waals surface area contributed by atoms with Crippen LogP contribution in [0.4, 0.5) is 0 Å². The fourth-order valence-corrected chi connectivity index (χ4v) is 15.2. The highest BCUT2D eigenvalue weighted by atomic mass is 32.1. The zero-order valence-corrected chi connectivity index (χ0v) is 65.4. The van der Waals surface area contributed by atoms with E-state index in [2.05, 4.69) is 52.2 Å². The standard InChI is InChI=1S/C27H37N5O5S.C25H34N4O4S.C24H32N4O4S/c1-15-23(38-14-29-15)18-9-7-17(8-10-18)20(12-22(35)28-6)31-25(36)21-11-19(34)13-32(21)26(37)24(27(3,4)5)30-16(2)33;1-14(17-7-9-18(10-8-17)21-15(2)26-13-34-21)27-23(32)20-11-19(31)12-29(20)24(33)22(25(4,5)6)28-16(3)30;1-14-20(33-13-26-14)17-8-6-16(7-9-17)11-25-22(31)19-10-18(30)12-28(19)23(32)21(24(3,4)5)27-15(2)29/h7-10,14,19-21,24,34H,11-13H2,1-6H3,(H,28,35)(H,30,33)(H,31,36);7-10,13-14,19-20,22,31H,11-12H2,1-6H3,(H,27,32)(H,28,30);6-9,13,18-19,21,30H,10-12H2,1-5H3,(H,25,31)(H,27,29)/t19-,20+,21+,24-;14-,19+,20-,22+;18-,19+,21-/m101/s1. The molecule has 568 valence electrons. The number of likely N-dealkylation sites (tertiary alicyclic amines) is 3. The maximum atomic E-state index is 13.5. The Labute approximate surface area is 626 Å². The molecule has 3 aromatic heterocycles. The van der Waals surface area contributed by atoms with Gasteiger partial charge in [-0.2, -0.15) is 0 Å². The van der Waals surface area contributed by atoms with Gasteiger partial charge in [-0.25, -0.2) is 15.0 Å². The van der Waals surface area contributed by atoms with Gasteiger partial charge in [-0.05, 0) is 77.3 Å². The number of aliphatic hydroxyl groups is 3. The van der Waals surface area contributed by atoms with Gasteiger partial charge >= 0.3 is 0 Å². The molecule has 6 heterocycles. The minimum absolute atomic E-state index is 0.000893. The van der Waals surface area contributed by atoms with Crippen molar-refractivity contribution in [3.05, 3.63) is 123 Å². The number of amides is 10. The van der Waals surface area contributed by atoms with E-state index in [0.29, 0.717) is 6.54 Å². The second kappa shape index (κ2) is 35.9. The number of aryl methyl sites for hydroxylation is 3. The average molecular weight is 1500 g/mol. The molecule has 0 saturated carbocycles. The number of hydrogen-bond donors (Lipinski definition) is 10. The molecule has 10 N–H and O–H groups in total. The molecule has 3 aliphatic heterocycles. The molecule has 105 heavy (non-hydrogen) atoms. The third-order valence-electron chi connectivity index (χ3n) is 18.5. The number of nitrogens with zero attached hydrogens (tertiary/aromatic N) is 6. The van der Waals surface area contributed by atoms with Crippen LogP contribution in [0.25, 0.3) is 31.3 Å². The highest BCUT2D eigenvalue weighted by Gasteiger charge is 2.48.